The second-order valence-electron chi connectivity index (χ2n) is 8.27. The van der Waals surface area contributed by atoms with Crippen molar-refractivity contribution in [2.75, 3.05) is 6.26 Å². The van der Waals surface area contributed by atoms with Crippen LogP contribution >= 0.6 is 0 Å². The van der Waals surface area contributed by atoms with Gasteiger partial charge in [0.1, 0.15) is 16.4 Å². The Hall–Kier alpha value is -3.79. The highest BCUT2D eigenvalue weighted by atomic mass is 32.2. The third-order valence-electron chi connectivity index (χ3n) is 5.56. The molecule has 0 spiro atoms. The zero-order valence-corrected chi connectivity index (χ0v) is 19.0. The van der Waals surface area contributed by atoms with Crippen molar-refractivity contribution < 1.29 is 17.6 Å². The summed E-state index contributed by atoms with van der Waals surface area (Å²) >= 11 is 0. The Bertz CT molecular complexity index is 1540. The molecule has 0 unspecified atom stereocenters. The van der Waals surface area contributed by atoms with Gasteiger partial charge in [0.15, 0.2) is 9.84 Å². The molecule has 0 aliphatic heterocycles. The zero-order chi connectivity index (χ0) is 23.9. The second kappa shape index (κ2) is 8.53. The molecule has 34 heavy (non-hydrogen) atoms. The minimum atomic E-state index is -3.80. The molecule has 0 radical (unpaired) electrons. The Balaban J connectivity index is 1.35. The van der Waals surface area contributed by atoms with E-state index < -0.39 is 26.5 Å². The number of fused-ring (bicyclic) bond motifs is 1. The van der Waals surface area contributed by atoms with Crippen molar-refractivity contribution in [3.63, 3.8) is 0 Å². The van der Waals surface area contributed by atoms with Crippen LogP contribution < -0.4 is 5.32 Å². The maximum atomic E-state index is 13.8. The topological polar surface area (TPSA) is 115 Å². The summed E-state index contributed by atoms with van der Waals surface area (Å²) < 4.78 is 37.3. The molecule has 0 saturated heterocycles. The molecule has 8 nitrogen and oxygen atoms in total. The van der Waals surface area contributed by atoms with E-state index in [-0.39, 0.29) is 12.1 Å². The lowest BCUT2D eigenvalue weighted by molar-refractivity contribution is 0.0950. The van der Waals surface area contributed by atoms with Gasteiger partial charge in [0.25, 0.3) is 5.91 Å². The number of sulfone groups is 1. The van der Waals surface area contributed by atoms with Crippen molar-refractivity contribution in [2.45, 2.75) is 30.2 Å². The Morgan fingerprint density at radius 2 is 1.88 bits per heavy atom. The summed E-state index contributed by atoms with van der Waals surface area (Å²) in [5, 5.41) is 3.52. The van der Waals surface area contributed by atoms with E-state index in [1.54, 1.807) is 24.7 Å². The number of hydrogen-bond acceptors (Lipinski definition) is 7. The molecule has 5 rings (SSSR count). The molecule has 3 aromatic heterocycles. The van der Waals surface area contributed by atoms with Gasteiger partial charge in [-0.3, -0.25) is 14.8 Å². The van der Waals surface area contributed by atoms with E-state index in [0.717, 1.165) is 42.3 Å². The summed E-state index contributed by atoms with van der Waals surface area (Å²) in [5.74, 6) is -0.952. The van der Waals surface area contributed by atoms with Crippen LogP contribution in [0.25, 0.3) is 22.3 Å². The van der Waals surface area contributed by atoms with Crippen LogP contribution in [0.15, 0.2) is 59.9 Å². The highest BCUT2D eigenvalue weighted by molar-refractivity contribution is 7.90. The highest BCUT2D eigenvalue weighted by Gasteiger charge is 2.25. The van der Waals surface area contributed by atoms with Gasteiger partial charge in [0, 0.05) is 35.5 Å². The fourth-order valence-electron chi connectivity index (χ4n) is 3.58. The monoisotopic (exact) mass is 477 g/mol. The van der Waals surface area contributed by atoms with Gasteiger partial charge in [-0.2, -0.15) is 0 Å². The maximum absolute atomic E-state index is 13.8. The average Bonchev–Trinajstić information content (AvgIpc) is 3.67. The Labute approximate surface area is 195 Å². The molecule has 0 bridgehead atoms. The van der Waals surface area contributed by atoms with E-state index in [1.807, 2.05) is 12.1 Å². The lowest BCUT2D eigenvalue weighted by Crippen LogP contribution is -2.23. The van der Waals surface area contributed by atoms with Crippen molar-refractivity contribution in [3.8, 4) is 11.4 Å². The number of rotatable bonds is 6. The number of carbonyl (C=O) groups excluding carboxylic acids is 1. The first-order chi connectivity index (χ1) is 16.3. The van der Waals surface area contributed by atoms with Crippen LogP contribution in [0.2, 0.25) is 0 Å². The minimum Gasteiger partial charge on any atom is -0.346 e. The van der Waals surface area contributed by atoms with Gasteiger partial charge in [-0.05, 0) is 49.2 Å². The standard InChI is InChI=1S/C24H20FN5O3S/c1-34(32,33)23-8-15(4-6-18(23)25)24(31)28-11-17-9-20-16(10-27-17)5-7-19(29-20)22-13-26-12-21(30-22)14-2-3-14/h4-10,12-14H,2-3,11H2,1H3,(H,28,31). The first-order valence-electron chi connectivity index (χ1n) is 10.6. The molecule has 1 aromatic carbocycles. The number of aromatic nitrogens is 4. The number of halogens is 1. The van der Waals surface area contributed by atoms with Gasteiger partial charge in [-0.1, -0.05) is 0 Å². The smallest absolute Gasteiger partial charge is 0.251 e. The molecule has 1 N–H and O–H groups in total. The van der Waals surface area contributed by atoms with Gasteiger partial charge in [0.05, 0.1) is 35.3 Å². The van der Waals surface area contributed by atoms with Gasteiger partial charge in [-0.15, -0.1) is 0 Å². The molecule has 4 aromatic rings. The summed E-state index contributed by atoms with van der Waals surface area (Å²) in [6.45, 7) is 0.0865. The van der Waals surface area contributed by atoms with E-state index in [2.05, 4.69) is 15.3 Å². The fourth-order valence-corrected chi connectivity index (χ4v) is 4.34. The SMILES string of the molecule is CS(=O)(=O)c1cc(C(=O)NCc2cc3nc(-c4cncc(C5CC5)n4)ccc3cn2)ccc1F. The van der Waals surface area contributed by atoms with Crippen LogP contribution in [0.3, 0.4) is 0 Å². The van der Waals surface area contributed by atoms with Crippen LogP contribution in [0.1, 0.15) is 40.5 Å². The predicted octanol–water partition coefficient (Wildman–Crippen LogP) is 3.44. The third-order valence-corrected chi connectivity index (χ3v) is 6.68. The first-order valence-corrected chi connectivity index (χ1v) is 12.5. The lowest BCUT2D eigenvalue weighted by atomic mass is 10.2. The number of nitrogens with one attached hydrogen (secondary N) is 1. The summed E-state index contributed by atoms with van der Waals surface area (Å²) in [6, 6.07) is 8.77. The predicted molar refractivity (Wildman–Crippen MR) is 123 cm³/mol. The van der Waals surface area contributed by atoms with Crippen molar-refractivity contribution in [1.29, 1.82) is 0 Å². The molecule has 1 aliphatic carbocycles. The highest BCUT2D eigenvalue weighted by Crippen LogP contribution is 2.39. The number of pyridine rings is 2. The van der Waals surface area contributed by atoms with Gasteiger partial charge in [0.2, 0.25) is 0 Å². The zero-order valence-electron chi connectivity index (χ0n) is 18.2. The fraction of sp³-hybridized carbons (Fsp3) is 0.208. The van der Waals surface area contributed by atoms with Gasteiger partial charge >= 0.3 is 0 Å². The van der Waals surface area contributed by atoms with Crippen LogP contribution in [0, 0.1) is 5.82 Å². The van der Waals surface area contributed by atoms with Crippen LogP contribution in [-0.4, -0.2) is 40.5 Å². The molecule has 10 heteroatoms. The van der Waals surface area contributed by atoms with E-state index in [9.17, 15) is 17.6 Å². The largest absolute Gasteiger partial charge is 0.346 e. The van der Waals surface area contributed by atoms with Crippen LogP contribution in [-0.2, 0) is 16.4 Å². The van der Waals surface area contributed by atoms with E-state index in [4.69, 9.17) is 9.97 Å². The molecule has 0 atom stereocenters. The molecular formula is C24H20FN5O3S. The Morgan fingerprint density at radius 1 is 1.06 bits per heavy atom. The molecule has 172 valence electrons. The van der Waals surface area contributed by atoms with Crippen LogP contribution in [0.4, 0.5) is 4.39 Å². The van der Waals surface area contributed by atoms with Gasteiger partial charge < -0.3 is 5.32 Å². The molecule has 1 amide bonds. The van der Waals surface area contributed by atoms with Crippen molar-refractivity contribution in [3.05, 3.63) is 77.8 Å². The summed E-state index contributed by atoms with van der Waals surface area (Å²) in [5.41, 5.74) is 3.68. The maximum Gasteiger partial charge on any atom is 0.251 e. The molecule has 1 aliphatic rings. The molecule has 1 saturated carbocycles. The van der Waals surface area contributed by atoms with Crippen molar-refractivity contribution in [2.24, 2.45) is 0 Å². The Kier molecular flexibility index (Phi) is 5.52. The van der Waals surface area contributed by atoms with E-state index in [0.29, 0.717) is 28.5 Å². The van der Waals surface area contributed by atoms with Crippen molar-refractivity contribution >= 4 is 26.6 Å². The number of nitrogens with zero attached hydrogens (tertiary/aromatic N) is 4. The number of benzene rings is 1. The normalized spacial score (nSPS) is 13.7. The Morgan fingerprint density at radius 3 is 2.65 bits per heavy atom. The van der Waals surface area contributed by atoms with Crippen molar-refractivity contribution in [1.82, 2.24) is 25.3 Å². The number of hydrogen-bond donors (Lipinski definition) is 1. The van der Waals surface area contributed by atoms with E-state index in [1.165, 1.54) is 6.07 Å². The first kappa shape index (κ1) is 22.0. The summed E-state index contributed by atoms with van der Waals surface area (Å²) in [6.07, 6.45) is 8.32. The third kappa shape index (κ3) is 4.62. The summed E-state index contributed by atoms with van der Waals surface area (Å²) in [4.78, 5) is 30.0. The molecular weight excluding hydrogens is 457 g/mol. The summed E-state index contributed by atoms with van der Waals surface area (Å²) in [7, 11) is -3.80. The minimum absolute atomic E-state index is 0.0390. The molecule has 1 fully saturated rings. The van der Waals surface area contributed by atoms with Crippen LogP contribution in [0.5, 0.6) is 0 Å². The average molecular weight is 478 g/mol. The molecule has 3 heterocycles. The quantitative estimate of drug-likeness (QED) is 0.452. The number of amides is 1. The van der Waals surface area contributed by atoms with E-state index >= 15 is 0 Å². The second-order valence-corrected chi connectivity index (χ2v) is 10.3. The van der Waals surface area contributed by atoms with Gasteiger partial charge in [-0.25, -0.2) is 22.8 Å². The number of carbonyl (C=O) groups is 1. The lowest BCUT2D eigenvalue weighted by Gasteiger charge is -2.08.